The van der Waals surface area contributed by atoms with Crippen LogP contribution in [0.25, 0.3) is 22.6 Å². The average molecular weight is 380 g/mol. The maximum atomic E-state index is 12.4. The van der Waals surface area contributed by atoms with Crippen LogP contribution in [-0.2, 0) is 9.53 Å². The lowest BCUT2D eigenvalue weighted by Gasteiger charge is -2.19. The SMILES string of the molecule is CCOCC(=O)N1CC[C@@H](n2c(-c3ccc(OC)cc3)nc3cccnc32)C1. The molecule has 3 aromatic rings. The smallest absolute Gasteiger partial charge is 0.248 e. The first kappa shape index (κ1) is 18.4. The number of nitrogens with zero attached hydrogens (tertiary/aromatic N) is 4. The molecule has 2 aromatic heterocycles. The molecule has 0 spiro atoms. The van der Waals surface area contributed by atoms with E-state index in [9.17, 15) is 4.79 Å². The minimum Gasteiger partial charge on any atom is -0.497 e. The highest BCUT2D eigenvalue weighted by molar-refractivity contribution is 5.79. The minimum atomic E-state index is 0.0349. The second kappa shape index (κ2) is 7.98. The molecule has 1 saturated heterocycles. The quantitative estimate of drug-likeness (QED) is 0.658. The van der Waals surface area contributed by atoms with Crippen LogP contribution in [0, 0.1) is 0 Å². The first-order valence-electron chi connectivity index (χ1n) is 9.54. The number of amides is 1. The molecule has 7 heteroatoms. The van der Waals surface area contributed by atoms with E-state index < -0.39 is 0 Å². The van der Waals surface area contributed by atoms with E-state index in [-0.39, 0.29) is 18.6 Å². The van der Waals surface area contributed by atoms with E-state index in [2.05, 4.69) is 9.55 Å². The zero-order valence-corrected chi connectivity index (χ0v) is 16.2. The van der Waals surface area contributed by atoms with Crippen molar-refractivity contribution in [2.24, 2.45) is 0 Å². The molecule has 0 radical (unpaired) electrons. The van der Waals surface area contributed by atoms with Crippen molar-refractivity contribution in [2.75, 3.05) is 33.4 Å². The number of benzene rings is 1. The van der Waals surface area contributed by atoms with Crippen LogP contribution >= 0.6 is 0 Å². The molecule has 1 aliphatic rings. The minimum absolute atomic E-state index is 0.0349. The fourth-order valence-corrected chi connectivity index (χ4v) is 3.68. The van der Waals surface area contributed by atoms with Crippen molar-refractivity contribution in [1.82, 2.24) is 19.4 Å². The van der Waals surface area contributed by atoms with Gasteiger partial charge in [-0.15, -0.1) is 0 Å². The Labute approximate surface area is 163 Å². The highest BCUT2D eigenvalue weighted by Crippen LogP contribution is 2.32. The van der Waals surface area contributed by atoms with Crippen molar-refractivity contribution >= 4 is 17.1 Å². The number of methoxy groups -OCH3 is 1. The molecule has 1 aromatic carbocycles. The van der Waals surface area contributed by atoms with Gasteiger partial charge in [0, 0.05) is 31.5 Å². The summed E-state index contributed by atoms with van der Waals surface area (Å²) in [6.07, 6.45) is 2.65. The van der Waals surface area contributed by atoms with E-state index in [4.69, 9.17) is 14.5 Å². The van der Waals surface area contributed by atoms with Gasteiger partial charge < -0.3 is 18.9 Å². The van der Waals surface area contributed by atoms with Crippen molar-refractivity contribution in [3.05, 3.63) is 42.6 Å². The average Bonchev–Trinajstić information content (AvgIpc) is 3.36. The third kappa shape index (κ3) is 3.45. The molecule has 3 heterocycles. The Morgan fingerprint density at radius 3 is 2.82 bits per heavy atom. The molecule has 4 rings (SSSR count). The fraction of sp³-hybridized carbons (Fsp3) is 0.381. The molecule has 1 atom stereocenters. The van der Waals surface area contributed by atoms with Gasteiger partial charge in [0.15, 0.2) is 5.65 Å². The summed E-state index contributed by atoms with van der Waals surface area (Å²) >= 11 is 0. The number of aromatic nitrogens is 3. The van der Waals surface area contributed by atoms with Crippen LogP contribution in [0.15, 0.2) is 42.6 Å². The molecule has 1 aliphatic heterocycles. The number of hydrogen-bond donors (Lipinski definition) is 0. The first-order chi connectivity index (χ1) is 13.7. The third-order valence-electron chi connectivity index (χ3n) is 5.11. The summed E-state index contributed by atoms with van der Waals surface area (Å²) in [6, 6.07) is 11.9. The molecule has 28 heavy (non-hydrogen) atoms. The van der Waals surface area contributed by atoms with E-state index in [1.807, 2.05) is 48.2 Å². The Kier molecular flexibility index (Phi) is 5.25. The largest absolute Gasteiger partial charge is 0.497 e. The molecule has 1 amide bonds. The maximum absolute atomic E-state index is 12.4. The number of carbonyl (C=O) groups is 1. The van der Waals surface area contributed by atoms with Gasteiger partial charge in [-0.2, -0.15) is 0 Å². The van der Waals surface area contributed by atoms with Crippen LogP contribution in [0.5, 0.6) is 5.75 Å². The second-order valence-corrected chi connectivity index (χ2v) is 6.80. The van der Waals surface area contributed by atoms with Gasteiger partial charge in [0.05, 0.1) is 13.2 Å². The maximum Gasteiger partial charge on any atom is 0.248 e. The molecule has 0 aliphatic carbocycles. The lowest BCUT2D eigenvalue weighted by Crippen LogP contribution is -2.32. The summed E-state index contributed by atoms with van der Waals surface area (Å²) < 4.78 is 12.7. The van der Waals surface area contributed by atoms with Crippen LogP contribution in [-0.4, -0.2) is 58.8 Å². The predicted molar refractivity (Wildman–Crippen MR) is 106 cm³/mol. The molecule has 7 nitrogen and oxygen atoms in total. The normalized spacial score (nSPS) is 16.6. The van der Waals surface area contributed by atoms with Crippen molar-refractivity contribution in [3.63, 3.8) is 0 Å². The number of carbonyl (C=O) groups excluding carboxylic acids is 1. The van der Waals surface area contributed by atoms with E-state index in [1.54, 1.807) is 13.3 Å². The van der Waals surface area contributed by atoms with Gasteiger partial charge in [0.25, 0.3) is 0 Å². The van der Waals surface area contributed by atoms with Crippen molar-refractivity contribution in [2.45, 2.75) is 19.4 Å². The number of likely N-dealkylation sites (tertiary alicyclic amines) is 1. The zero-order chi connectivity index (χ0) is 19.5. The molecule has 0 bridgehead atoms. The van der Waals surface area contributed by atoms with Gasteiger partial charge in [-0.05, 0) is 49.7 Å². The molecule has 0 N–H and O–H groups in total. The number of hydrogen-bond acceptors (Lipinski definition) is 5. The molecule has 146 valence electrons. The number of ether oxygens (including phenoxy) is 2. The van der Waals surface area contributed by atoms with Crippen molar-refractivity contribution in [3.8, 4) is 17.1 Å². The van der Waals surface area contributed by atoms with E-state index in [0.717, 1.165) is 34.7 Å². The summed E-state index contributed by atoms with van der Waals surface area (Å²) in [5.41, 5.74) is 2.70. The predicted octanol–water partition coefficient (Wildman–Crippen LogP) is 2.92. The fourth-order valence-electron chi connectivity index (χ4n) is 3.68. The first-order valence-corrected chi connectivity index (χ1v) is 9.54. The molecular weight excluding hydrogens is 356 g/mol. The van der Waals surface area contributed by atoms with E-state index in [1.165, 1.54) is 0 Å². The lowest BCUT2D eigenvalue weighted by atomic mass is 10.2. The van der Waals surface area contributed by atoms with Gasteiger partial charge in [-0.3, -0.25) is 4.79 Å². The van der Waals surface area contributed by atoms with Gasteiger partial charge in [0.1, 0.15) is 23.7 Å². The van der Waals surface area contributed by atoms with Crippen LogP contribution in [0.4, 0.5) is 0 Å². The number of imidazole rings is 1. The van der Waals surface area contributed by atoms with Gasteiger partial charge in [-0.25, -0.2) is 9.97 Å². The molecule has 1 fully saturated rings. The van der Waals surface area contributed by atoms with E-state index in [0.29, 0.717) is 19.7 Å². The van der Waals surface area contributed by atoms with E-state index >= 15 is 0 Å². The Morgan fingerprint density at radius 2 is 2.07 bits per heavy atom. The Hall–Kier alpha value is -2.93. The van der Waals surface area contributed by atoms with Gasteiger partial charge in [-0.1, -0.05) is 0 Å². The molecule has 0 unspecified atom stereocenters. The monoisotopic (exact) mass is 380 g/mol. The topological polar surface area (TPSA) is 69.5 Å². The summed E-state index contributed by atoms with van der Waals surface area (Å²) in [5.74, 6) is 1.70. The van der Waals surface area contributed by atoms with Crippen molar-refractivity contribution < 1.29 is 14.3 Å². The van der Waals surface area contributed by atoms with Crippen LogP contribution in [0.3, 0.4) is 0 Å². The molecular formula is C21H24N4O3. The Bertz CT molecular complexity index is 967. The summed E-state index contributed by atoms with van der Waals surface area (Å²) in [4.78, 5) is 23.6. The van der Waals surface area contributed by atoms with Crippen molar-refractivity contribution in [1.29, 1.82) is 0 Å². The Morgan fingerprint density at radius 1 is 1.25 bits per heavy atom. The zero-order valence-electron chi connectivity index (χ0n) is 16.2. The third-order valence-corrected chi connectivity index (χ3v) is 5.11. The Balaban J connectivity index is 1.69. The second-order valence-electron chi connectivity index (χ2n) is 6.80. The number of pyridine rings is 1. The number of fused-ring (bicyclic) bond motifs is 1. The highest BCUT2D eigenvalue weighted by Gasteiger charge is 2.30. The number of rotatable bonds is 6. The summed E-state index contributed by atoms with van der Waals surface area (Å²) in [6.45, 7) is 3.92. The van der Waals surface area contributed by atoms with Crippen LogP contribution < -0.4 is 4.74 Å². The lowest BCUT2D eigenvalue weighted by molar-refractivity contribution is -0.135. The summed E-state index contributed by atoms with van der Waals surface area (Å²) in [7, 11) is 1.65. The standard InChI is InChI=1S/C21H24N4O3/c1-3-28-14-19(26)24-12-10-16(13-24)25-20(15-6-8-17(27-2)9-7-15)23-18-5-4-11-22-21(18)25/h4-9,11,16H,3,10,12-14H2,1-2H3/t16-/m1/s1. The molecule has 0 saturated carbocycles. The van der Waals surface area contributed by atoms with Gasteiger partial charge >= 0.3 is 0 Å². The van der Waals surface area contributed by atoms with Gasteiger partial charge in [0.2, 0.25) is 5.91 Å². The van der Waals surface area contributed by atoms with Crippen LogP contribution in [0.1, 0.15) is 19.4 Å². The highest BCUT2D eigenvalue weighted by atomic mass is 16.5. The summed E-state index contributed by atoms with van der Waals surface area (Å²) in [5, 5.41) is 0. The van der Waals surface area contributed by atoms with Crippen LogP contribution in [0.2, 0.25) is 0 Å².